The number of carbonyl (C=O) groups excluding carboxylic acids is 1. The third kappa shape index (κ3) is 4.49. The second-order valence-corrected chi connectivity index (χ2v) is 6.35. The Morgan fingerprint density at radius 2 is 1.87 bits per heavy atom. The number of nitrogens with zero attached hydrogens (tertiary/aromatic N) is 1. The summed E-state index contributed by atoms with van der Waals surface area (Å²) in [4.78, 5) is 24.1. The van der Waals surface area contributed by atoms with Crippen LogP contribution in [0.3, 0.4) is 0 Å². The normalized spacial score (nSPS) is 24.3. The Bertz CT molecular complexity index is 608. The van der Waals surface area contributed by atoms with Gasteiger partial charge in [0.15, 0.2) is 6.54 Å². The zero-order valence-electron chi connectivity index (χ0n) is 14.0. The molecule has 1 aromatic carbocycles. The summed E-state index contributed by atoms with van der Waals surface area (Å²) in [5.41, 5.74) is 1.93. The van der Waals surface area contributed by atoms with Crippen LogP contribution in [0, 0.1) is 24.0 Å². The Kier molecular flexibility index (Phi) is 5.33. The number of nitro groups is 1. The van der Waals surface area contributed by atoms with Crippen LogP contribution in [0.5, 0.6) is 0 Å². The monoisotopic (exact) mass is 322 g/mol. The van der Waals surface area contributed by atoms with Crippen LogP contribution in [0.4, 0.5) is 11.4 Å². The van der Waals surface area contributed by atoms with Crippen LogP contribution >= 0.6 is 0 Å². The summed E-state index contributed by atoms with van der Waals surface area (Å²) >= 11 is 0. The maximum Gasteiger partial charge on any atom is 0.293 e. The molecule has 2 rings (SSSR count). The summed E-state index contributed by atoms with van der Waals surface area (Å²) in [7, 11) is 0. The first-order chi connectivity index (χ1) is 10.8. The van der Waals surface area contributed by atoms with Crippen molar-refractivity contribution in [3.63, 3.8) is 0 Å². The topological polar surface area (TPSA) is 85.9 Å². The summed E-state index contributed by atoms with van der Waals surface area (Å²) < 4.78 is 5.65. The van der Waals surface area contributed by atoms with Gasteiger partial charge in [-0.15, -0.1) is 0 Å². The number of nitrogens with one attached hydrogen (secondary N) is 2. The minimum Gasteiger partial charge on any atom is -0.364 e. The van der Waals surface area contributed by atoms with Gasteiger partial charge in [-0.1, -0.05) is 0 Å². The van der Waals surface area contributed by atoms with E-state index in [4.69, 9.17) is 4.74 Å². The molecule has 1 aliphatic rings. The van der Waals surface area contributed by atoms with Gasteiger partial charge in [0.25, 0.3) is 11.6 Å². The van der Waals surface area contributed by atoms with Gasteiger partial charge < -0.3 is 15.0 Å². The molecule has 1 heterocycles. The zero-order chi connectivity index (χ0) is 17.1. The molecule has 0 saturated carbocycles. The molecule has 23 heavy (non-hydrogen) atoms. The lowest BCUT2D eigenvalue weighted by Gasteiger charge is -2.31. The molecule has 1 aromatic rings. The highest BCUT2D eigenvalue weighted by molar-refractivity contribution is 5.94. The quantitative estimate of drug-likeness (QED) is 0.635. The van der Waals surface area contributed by atoms with E-state index in [2.05, 4.69) is 5.32 Å². The number of quaternary nitrogens is 1. The number of hydrogen-bond acceptors (Lipinski definition) is 4. The molecule has 0 aromatic heterocycles. The lowest BCUT2D eigenvalue weighted by molar-refractivity contribution is -0.907. The van der Waals surface area contributed by atoms with E-state index in [1.165, 1.54) is 6.07 Å². The molecule has 7 heteroatoms. The number of aryl methyl sites for hydroxylation is 2. The third-order valence-corrected chi connectivity index (χ3v) is 4.11. The molecule has 1 aliphatic heterocycles. The van der Waals surface area contributed by atoms with E-state index in [0.717, 1.165) is 29.1 Å². The van der Waals surface area contributed by atoms with Crippen molar-refractivity contribution in [1.29, 1.82) is 0 Å². The number of rotatable bonds is 4. The van der Waals surface area contributed by atoms with Crippen LogP contribution < -0.4 is 10.2 Å². The minimum atomic E-state index is -0.464. The van der Waals surface area contributed by atoms with Crippen molar-refractivity contribution >= 4 is 17.3 Å². The summed E-state index contributed by atoms with van der Waals surface area (Å²) in [6.07, 6.45) is 0.218. The highest BCUT2D eigenvalue weighted by Crippen LogP contribution is 2.27. The number of benzene rings is 1. The van der Waals surface area contributed by atoms with Crippen molar-refractivity contribution in [2.24, 2.45) is 0 Å². The van der Waals surface area contributed by atoms with Crippen LogP contribution in [0.25, 0.3) is 0 Å². The van der Waals surface area contributed by atoms with Gasteiger partial charge >= 0.3 is 0 Å². The van der Waals surface area contributed by atoms with Crippen molar-refractivity contribution in [2.45, 2.75) is 39.9 Å². The van der Waals surface area contributed by atoms with E-state index in [0.29, 0.717) is 0 Å². The molecule has 1 fully saturated rings. The summed E-state index contributed by atoms with van der Waals surface area (Å²) in [6, 6.07) is 3.15. The average Bonchev–Trinajstić information content (AvgIpc) is 2.40. The molecule has 0 unspecified atom stereocenters. The van der Waals surface area contributed by atoms with Gasteiger partial charge in [0.2, 0.25) is 0 Å². The SMILES string of the molecule is Cc1cc(NC(=O)C[NH+]2C[C@H](C)O[C@@H](C)C2)c([N+](=O)[O-])cc1C. The van der Waals surface area contributed by atoms with E-state index >= 15 is 0 Å². The first-order valence-corrected chi connectivity index (χ1v) is 7.80. The molecule has 1 saturated heterocycles. The van der Waals surface area contributed by atoms with Gasteiger partial charge in [0.1, 0.15) is 31.0 Å². The highest BCUT2D eigenvalue weighted by atomic mass is 16.6. The molecular weight excluding hydrogens is 298 g/mol. The molecule has 1 amide bonds. The smallest absolute Gasteiger partial charge is 0.293 e. The fourth-order valence-electron chi connectivity index (χ4n) is 3.01. The predicted molar refractivity (Wildman–Crippen MR) is 86.8 cm³/mol. The standard InChI is InChI=1S/C16H23N3O4/c1-10-5-14(15(19(21)22)6-11(10)2)17-16(20)9-18-7-12(3)23-13(4)8-18/h5-6,12-13H,7-9H2,1-4H3,(H,17,20)/p+1/t12-,13-/m0/s1. The number of amides is 1. The van der Waals surface area contributed by atoms with E-state index in [1.54, 1.807) is 6.07 Å². The van der Waals surface area contributed by atoms with Crippen molar-refractivity contribution in [3.05, 3.63) is 33.4 Å². The van der Waals surface area contributed by atoms with E-state index in [9.17, 15) is 14.9 Å². The summed E-state index contributed by atoms with van der Waals surface area (Å²) in [5.74, 6) is -0.215. The Balaban J connectivity index is 2.08. The van der Waals surface area contributed by atoms with Gasteiger partial charge in [0.05, 0.1) is 4.92 Å². The predicted octanol–water partition coefficient (Wildman–Crippen LogP) is 0.842. The second kappa shape index (κ2) is 7.06. The maximum atomic E-state index is 12.3. The highest BCUT2D eigenvalue weighted by Gasteiger charge is 2.28. The Hall–Kier alpha value is -1.99. The van der Waals surface area contributed by atoms with Crippen LogP contribution in [-0.4, -0.2) is 42.7 Å². The molecule has 0 radical (unpaired) electrons. The van der Waals surface area contributed by atoms with Crippen molar-refractivity contribution in [3.8, 4) is 0 Å². The molecule has 7 nitrogen and oxygen atoms in total. The van der Waals surface area contributed by atoms with Gasteiger partial charge in [-0.05, 0) is 44.9 Å². The van der Waals surface area contributed by atoms with Crippen molar-refractivity contribution in [1.82, 2.24) is 0 Å². The molecule has 126 valence electrons. The van der Waals surface area contributed by atoms with Crippen molar-refractivity contribution < 1.29 is 19.4 Å². The Morgan fingerprint density at radius 1 is 1.30 bits per heavy atom. The first-order valence-electron chi connectivity index (χ1n) is 7.80. The van der Waals surface area contributed by atoms with E-state index in [-0.39, 0.29) is 36.0 Å². The average molecular weight is 322 g/mol. The van der Waals surface area contributed by atoms with Gasteiger partial charge in [-0.25, -0.2) is 0 Å². The summed E-state index contributed by atoms with van der Waals surface area (Å²) in [5, 5.41) is 13.9. The van der Waals surface area contributed by atoms with Crippen LogP contribution in [-0.2, 0) is 9.53 Å². The minimum absolute atomic E-state index is 0.0693. The Morgan fingerprint density at radius 3 is 2.43 bits per heavy atom. The molecule has 2 atom stereocenters. The lowest BCUT2D eigenvalue weighted by atomic mass is 10.1. The molecule has 0 bridgehead atoms. The van der Waals surface area contributed by atoms with Crippen LogP contribution in [0.1, 0.15) is 25.0 Å². The van der Waals surface area contributed by atoms with Crippen molar-refractivity contribution in [2.75, 3.05) is 25.0 Å². The number of nitro benzene ring substituents is 1. The molecular formula is C16H24N3O4+. The number of ether oxygens (including phenoxy) is 1. The third-order valence-electron chi connectivity index (χ3n) is 4.11. The van der Waals surface area contributed by atoms with Crippen LogP contribution in [0.2, 0.25) is 0 Å². The molecule has 0 spiro atoms. The van der Waals surface area contributed by atoms with E-state index in [1.807, 2.05) is 27.7 Å². The van der Waals surface area contributed by atoms with Crippen LogP contribution in [0.15, 0.2) is 12.1 Å². The fraction of sp³-hybridized carbons (Fsp3) is 0.562. The van der Waals surface area contributed by atoms with Gasteiger partial charge in [-0.2, -0.15) is 0 Å². The van der Waals surface area contributed by atoms with Gasteiger partial charge in [0, 0.05) is 6.07 Å². The van der Waals surface area contributed by atoms with E-state index < -0.39 is 4.92 Å². The Labute approximate surface area is 135 Å². The fourth-order valence-corrected chi connectivity index (χ4v) is 3.01. The maximum absolute atomic E-state index is 12.3. The lowest BCUT2D eigenvalue weighted by Crippen LogP contribution is -3.16. The zero-order valence-corrected chi connectivity index (χ0v) is 14.0. The number of morpholine rings is 1. The number of carbonyl (C=O) groups is 1. The summed E-state index contributed by atoms with van der Waals surface area (Å²) in [6.45, 7) is 9.45. The number of anilines is 1. The molecule has 2 N–H and O–H groups in total. The second-order valence-electron chi connectivity index (χ2n) is 6.35. The first kappa shape index (κ1) is 17.4. The number of hydrogen-bond donors (Lipinski definition) is 2. The largest absolute Gasteiger partial charge is 0.364 e. The molecule has 0 aliphatic carbocycles. The van der Waals surface area contributed by atoms with Gasteiger partial charge in [-0.3, -0.25) is 14.9 Å².